The molecule has 0 aliphatic carbocycles. The van der Waals surface area contributed by atoms with Crippen LogP contribution in [-0.4, -0.2) is 70.4 Å². The lowest BCUT2D eigenvalue weighted by atomic mass is 10.0. The monoisotopic (exact) mass is 347 g/mol. The number of benzene rings is 1. The van der Waals surface area contributed by atoms with Crippen molar-refractivity contribution in [3.05, 3.63) is 29.8 Å². The van der Waals surface area contributed by atoms with E-state index in [0.717, 1.165) is 45.4 Å². The summed E-state index contributed by atoms with van der Waals surface area (Å²) in [5.41, 5.74) is 2.50. The van der Waals surface area contributed by atoms with Crippen molar-refractivity contribution in [2.24, 2.45) is 4.99 Å². The summed E-state index contributed by atoms with van der Waals surface area (Å²) < 4.78 is 5.45. The summed E-state index contributed by atoms with van der Waals surface area (Å²) in [6.07, 6.45) is 0. The molecule has 1 fully saturated rings. The number of hydrogen-bond acceptors (Lipinski definition) is 4. The SMILES string of the molecule is CN=C(NCc1cccc(N(C)C)c1)NCC(C)(C)N1CCOCC1. The van der Waals surface area contributed by atoms with E-state index in [-0.39, 0.29) is 5.54 Å². The maximum absolute atomic E-state index is 5.45. The Morgan fingerprint density at radius 2 is 1.96 bits per heavy atom. The molecule has 140 valence electrons. The highest BCUT2D eigenvalue weighted by molar-refractivity contribution is 5.79. The molecular weight excluding hydrogens is 314 g/mol. The van der Waals surface area contributed by atoms with Crippen LogP contribution in [0.5, 0.6) is 0 Å². The normalized spacial score (nSPS) is 16.6. The highest BCUT2D eigenvalue weighted by Gasteiger charge is 2.28. The van der Waals surface area contributed by atoms with Crippen molar-refractivity contribution in [3.63, 3.8) is 0 Å². The Balaban J connectivity index is 1.85. The van der Waals surface area contributed by atoms with Crippen LogP contribution in [0.4, 0.5) is 5.69 Å². The van der Waals surface area contributed by atoms with E-state index < -0.39 is 0 Å². The van der Waals surface area contributed by atoms with Gasteiger partial charge in [-0.2, -0.15) is 0 Å². The average Bonchev–Trinajstić information content (AvgIpc) is 2.63. The standard InChI is InChI=1S/C19H33N5O/c1-19(2,24-9-11-25-12-10-24)15-22-18(20-3)21-14-16-7-6-8-17(13-16)23(4)5/h6-8,13H,9-12,14-15H2,1-5H3,(H2,20,21,22). The van der Waals surface area contributed by atoms with Crippen molar-refractivity contribution in [2.45, 2.75) is 25.9 Å². The highest BCUT2D eigenvalue weighted by Crippen LogP contribution is 2.15. The molecule has 25 heavy (non-hydrogen) atoms. The largest absolute Gasteiger partial charge is 0.379 e. The van der Waals surface area contributed by atoms with E-state index in [0.29, 0.717) is 0 Å². The molecular formula is C19H33N5O. The highest BCUT2D eigenvalue weighted by atomic mass is 16.5. The van der Waals surface area contributed by atoms with Gasteiger partial charge in [-0.15, -0.1) is 0 Å². The topological polar surface area (TPSA) is 52.1 Å². The van der Waals surface area contributed by atoms with Crippen LogP contribution >= 0.6 is 0 Å². The number of rotatable bonds is 6. The van der Waals surface area contributed by atoms with Gasteiger partial charge in [0.2, 0.25) is 0 Å². The van der Waals surface area contributed by atoms with Gasteiger partial charge in [-0.3, -0.25) is 9.89 Å². The summed E-state index contributed by atoms with van der Waals surface area (Å²) in [5.74, 6) is 0.830. The molecule has 0 unspecified atom stereocenters. The lowest BCUT2D eigenvalue weighted by molar-refractivity contribution is -0.00834. The zero-order valence-corrected chi connectivity index (χ0v) is 16.3. The number of ether oxygens (including phenoxy) is 1. The minimum atomic E-state index is 0.0617. The van der Waals surface area contributed by atoms with Gasteiger partial charge in [-0.1, -0.05) is 12.1 Å². The second-order valence-electron chi connectivity index (χ2n) is 7.26. The second-order valence-corrected chi connectivity index (χ2v) is 7.26. The molecule has 0 radical (unpaired) electrons. The molecule has 1 heterocycles. The molecule has 1 aromatic carbocycles. The molecule has 0 atom stereocenters. The van der Waals surface area contributed by atoms with Gasteiger partial charge < -0.3 is 20.3 Å². The first-order valence-corrected chi connectivity index (χ1v) is 8.96. The van der Waals surface area contributed by atoms with Crippen LogP contribution in [0.25, 0.3) is 0 Å². The Hall–Kier alpha value is -1.79. The maximum Gasteiger partial charge on any atom is 0.191 e. The van der Waals surface area contributed by atoms with Crippen LogP contribution in [0.2, 0.25) is 0 Å². The summed E-state index contributed by atoms with van der Waals surface area (Å²) >= 11 is 0. The molecule has 1 saturated heterocycles. The Morgan fingerprint density at radius 1 is 1.24 bits per heavy atom. The first kappa shape index (κ1) is 19.5. The molecule has 6 nitrogen and oxygen atoms in total. The molecule has 1 aliphatic heterocycles. The van der Waals surface area contributed by atoms with Gasteiger partial charge in [-0.05, 0) is 31.5 Å². The molecule has 1 aromatic rings. The third-order valence-electron chi connectivity index (χ3n) is 4.67. The third kappa shape index (κ3) is 5.90. The number of nitrogens with zero attached hydrogens (tertiary/aromatic N) is 3. The minimum Gasteiger partial charge on any atom is -0.379 e. The summed E-state index contributed by atoms with van der Waals surface area (Å²) in [6, 6.07) is 8.52. The summed E-state index contributed by atoms with van der Waals surface area (Å²) in [5, 5.41) is 6.87. The van der Waals surface area contributed by atoms with Gasteiger partial charge >= 0.3 is 0 Å². The van der Waals surface area contributed by atoms with Crippen molar-refractivity contribution >= 4 is 11.6 Å². The average molecular weight is 348 g/mol. The zero-order valence-electron chi connectivity index (χ0n) is 16.3. The van der Waals surface area contributed by atoms with Crippen molar-refractivity contribution < 1.29 is 4.74 Å². The van der Waals surface area contributed by atoms with E-state index in [4.69, 9.17) is 4.74 Å². The van der Waals surface area contributed by atoms with Crippen molar-refractivity contribution in [3.8, 4) is 0 Å². The predicted octanol–water partition coefficient (Wildman–Crippen LogP) is 1.53. The Labute approximate surface area is 152 Å². The van der Waals surface area contributed by atoms with E-state index in [1.54, 1.807) is 0 Å². The Morgan fingerprint density at radius 3 is 2.60 bits per heavy atom. The molecule has 2 N–H and O–H groups in total. The third-order valence-corrected chi connectivity index (χ3v) is 4.67. The van der Waals surface area contributed by atoms with E-state index in [9.17, 15) is 0 Å². The number of morpholine rings is 1. The lowest BCUT2D eigenvalue weighted by Gasteiger charge is -2.41. The number of aliphatic imine (C=N–C) groups is 1. The number of anilines is 1. The summed E-state index contributed by atoms with van der Waals surface area (Å²) in [7, 11) is 5.93. The lowest BCUT2D eigenvalue weighted by Crippen LogP contribution is -2.56. The van der Waals surface area contributed by atoms with Crippen molar-refractivity contribution in [2.75, 3.05) is 58.9 Å². The first-order chi connectivity index (χ1) is 11.9. The molecule has 2 rings (SSSR count). The van der Waals surface area contributed by atoms with E-state index in [1.165, 1.54) is 11.3 Å². The quantitative estimate of drug-likeness (QED) is 0.604. The van der Waals surface area contributed by atoms with E-state index >= 15 is 0 Å². The van der Waals surface area contributed by atoms with E-state index in [1.807, 2.05) is 7.05 Å². The van der Waals surface area contributed by atoms with Gasteiger partial charge in [0.15, 0.2) is 5.96 Å². The first-order valence-electron chi connectivity index (χ1n) is 8.96. The fourth-order valence-electron chi connectivity index (χ4n) is 2.93. The van der Waals surface area contributed by atoms with Gasteiger partial charge in [-0.25, -0.2) is 0 Å². The molecule has 6 heteroatoms. The van der Waals surface area contributed by atoms with Crippen LogP contribution in [-0.2, 0) is 11.3 Å². The van der Waals surface area contributed by atoms with Crippen LogP contribution in [0.15, 0.2) is 29.3 Å². The molecule has 0 saturated carbocycles. The zero-order chi connectivity index (χ0) is 18.3. The van der Waals surface area contributed by atoms with Gasteiger partial charge in [0.1, 0.15) is 0 Å². The van der Waals surface area contributed by atoms with Crippen LogP contribution < -0.4 is 15.5 Å². The second kappa shape index (κ2) is 9.06. The number of nitrogens with one attached hydrogen (secondary N) is 2. The van der Waals surface area contributed by atoms with Gasteiger partial charge in [0.05, 0.1) is 13.2 Å². The van der Waals surface area contributed by atoms with E-state index in [2.05, 4.69) is 77.6 Å². The van der Waals surface area contributed by atoms with Crippen molar-refractivity contribution in [1.82, 2.24) is 15.5 Å². The molecule has 0 spiro atoms. The van der Waals surface area contributed by atoms with Crippen LogP contribution in [0.1, 0.15) is 19.4 Å². The van der Waals surface area contributed by atoms with Crippen molar-refractivity contribution in [1.29, 1.82) is 0 Å². The maximum atomic E-state index is 5.45. The fourth-order valence-corrected chi connectivity index (χ4v) is 2.93. The smallest absolute Gasteiger partial charge is 0.191 e. The predicted molar refractivity (Wildman–Crippen MR) is 105 cm³/mol. The van der Waals surface area contributed by atoms with Gasteiger partial charge in [0.25, 0.3) is 0 Å². The summed E-state index contributed by atoms with van der Waals surface area (Å²) in [6.45, 7) is 9.72. The molecule has 0 amide bonds. The Bertz CT molecular complexity index is 565. The molecule has 0 bridgehead atoms. The minimum absolute atomic E-state index is 0.0617. The number of hydrogen-bond donors (Lipinski definition) is 2. The molecule has 1 aliphatic rings. The van der Waals surface area contributed by atoms with Crippen LogP contribution in [0, 0.1) is 0 Å². The Kier molecular flexibility index (Phi) is 7.08. The fraction of sp³-hybridized carbons (Fsp3) is 0.632. The molecule has 0 aromatic heterocycles. The van der Waals surface area contributed by atoms with Crippen LogP contribution in [0.3, 0.4) is 0 Å². The number of guanidine groups is 1. The summed E-state index contributed by atoms with van der Waals surface area (Å²) in [4.78, 5) is 8.93. The van der Waals surface area contributed by atoms with Gasteiger partial charge in [0, 0.05) is 58.5 Å².